The van der Waals surface area contributed by atoms with E-state index in [4.69, 9.17) is 0 Å². The molecule has 0 saturated carbocycles. The fourth-order valence-corrected chi connectivity index (χ4v) is 2.58. The molecule has 0 spiro atoms. The van der Waals surface area contributed by atoms with Crippen LogP contribution in [0.2, 0.25) is 0 Å². The van der Waals surface area contributed by atoms with E-state index >= 15 is 0 Å². The van der Waals surface area contributed by atoms with E-state index in [9.17, 15) is 5.11 Å². The van der Waals surface area contributed by atoms with Gasteiger partial charge in [-0.3, -0.25) is 0 Å². The Morgan fingerprint density at radius 3 is 2.12 bits per heavy atom. The zero-order chi connectivity index (χ0) is 13.1. The third kappa shape index (κ3) is 6.26. The fourth-order valence-electron chi connectivity index (χ4n) is 2.58. The van der Waals surface area contributed by atoms with Crippen molar-refractivity contribution in [1.29, 1.82) is 0 Å². The van der Waals surface area contributed by atoms with Gasteiger partial charge in [-0.05, 0) is 18.8 Å². The molecule has 0 aliphatic heterocycles. The molecule has 17 heavy (non-hydrogen) atoms. The van der Waals surface area contributed by atoms with Crippen LogP contribution in [0, 0.1) is 5.92 Å². The van der Waals surface area contributed by atoms with E-state index in [1.165, 1.54) is 38.5 Å². The zero-order valence-corrected chi connectivity index (χ0v) is 12.2. The lowest BCUT2D eigenvalue weighted by atomic mass is 9.80. The summed E-state index contributed by atoms with van der Waals surface area (Å²) in [5, 5.41) is 10.4. The fraction of sp³-hybridized carbons (Fsp3) is 0.875. The monoisotopic (exact) mass is 240 g/mol. The van der Waals surface area contributed by atoms with Gasteiger partial charge in [-0.1, -0.05) is 71.8 Å². The molecule has 0 bridgehead atoms. The quantitative estimate of drug-likeness (QED) is 0.394. The first-order chi connectivity index (χ1) is 8.14. The second kappa shape index (κ2) is 9.70. The molecule has 0 radical (unpaired) electrons. The summed E-state index contributed by atoms with van der Waals surface area (Å²) in [6.07, 6.45) is 12.7. The van der Waals surface area contributed by atoms with Crippen molar-refractivity contribution in [1.82, 2.24) is 0 Å². The molecule has 0 aromatic heterocycles. The number of rotatable bonds is 11. The van der Waals surface area contributed by atoms with Crippen LogP contribution < -0.4 is 0 Å². The van der Waals surface area contributed by atoms with E-state index in [0.717, 1.165) is 19.3 Å². The van der Waals surface area contributed by atoms with E-state index in [0.29, 0.717) is 5.92 Å². The van der Waals surface area contributed by atoms with Gasteiger partial charge in [0.05, 0.1) is 5.60 Å². The van der Waals surface area contributed by atoms with Crippen molar-refractivity contribution in [3.8, 4) is 0 Å². The lowest BCUT2D eigenvalue weighted by Gasteiger charge is -2.32. The highest BCUT2D eigenvalue weighted by Gasteiger charge is 2.29. The van der Waals surface area contributed by atoms with Crippen molar-refractivity contribution in [2.45, 2.75) is 84.2 Å². The molecule has 0 fully saturated rings. The van der Waals surface area contributed by atoms with Crippen molar-refractivity contribution < 1.29 is 5.11 Å². The standard InChI is InChI=1S/C16H32O/c1-5-9-10-11-12-13-14-15(6-2)16(17,7-3)8-4/h7,15,17H,3,5-6,8-14H2,1-2,4H3. The normalized spacial score (nSPS) is 16.5. The molecule has 2 atom stereocenters. The summed E-state index contributed by atoms with van der Waals surface area (Å²) in [5.41, 5.74) is -0.641. The molecule has 0 aromatic carbocycles. The maximum Gasteiger partial charge on any atom is 0.0850 e. The van der Waals surface area contributed by atoms with E-state index in [1.807, 2.05) is 6.92 Å². The van der Waals surface area contributed by atoms with Gasteiger partial charge in [0.1, 0.15) is 0 Å². The topological polar surface area (TPSA) is 20.2 Å². The van der Waals surface area contributed by atoms with Gasteiger partial charge in [0.25, 0.3) is 0 Å². The van der Waals surface area contributed by atoms with Gasteiger partial charge < -0.3 is 5.11 Å². The average molecular weight is 240 g/mol. The van der Waals surface area contributed by atoms with Gasteiger partial charge in [-0.15, -0.1) is 6.58 Å². The molecule has 0 saturated heterocycles. The Hall–Kier alpha value is -0.300. The van der Waals surface area contributed by atoms with Crippen LogP contribution in [-0.4, -0.2) is 10.7 Å². The number of aliphatic hydroxyl groups is 1. The van der Waals surface area contributed by atoms with Gasteiger partial charge in [-0.2, -0.15) is 0 Å². The van der Waals surface area contributed by atoms with Crippen molar-refractivity contribution in [3.63, 3.8) is 0 Å². The van der Waals surface area contributed by atoms with E-state index in [-0.39, 0.29) is 0 Å². The van der Waals surface area contributed by atoms with Crippen molar-refractivity contribution in [2.75, 3.05) is 0 Å². The minimum atomic E-state index is -0.641. The van der Waals surface area contributed by atoms with E-state index in [2.05, 4.69) is 20.4 Å². The SMILES string of the molecule is C=CC(O)(CC)C(CC)CCCCCCCC. The Morgan fingerprint density at radius 1 is 1.06 bits per heavy atom. The largest absolute Gasteiger partial charge is 0.386 e. The minimum Gasteiger partial charge on any atom is -0.386 e. The number of hydrogen-bond acceptors (Lipinski definition) is 1. The zero-order valence-electron chi connectivity index (χ0n) is 12.2. The number of unbranched alkanes of at least 4 members (excludes halogenated alkanes) is 5. The summed E-state index contributed by atoms with van der Waals surface area (Å²) in [5.74, 6) is 0.385. The molecule has 0 heterocycles. The van der Waals surface area contributed by atoms with Gasteiger partial charge in [0.15, 0.2) is 0 Å². The van der Waals surface area contributed by atoms with Crippen LogP contribution in [-0.2, 0) is 0 Å². The predicted octanol–water partition coefficient (Wildman–Crippen LogP) is 5.09. The molecule has 102 valence electrons. The van der Waals surface area contributed by atoms with Gasteiger partial charge in [0.2, 0.25) is 0 Å². The average Bonchev–Trinajstić information content (AvgIpc) is 2.37. The predicted molar refractivity (Wildman–Crippen MR) is 77.2 cm³/mol. The first-order valence-electron chi connectivity index (χ1n) is 7.50. The van der Waals surface area contributed by atoms with Crippen LogP contribution in [0.5, 0.6) is 0 Å². The van der Waals surface area contributed by atoms with Crippen molar-refractivity contribution in [3.05, 3.63) is 12.7 Å². The highest BCUT2D eigenvalue weighted by molar-refractivity contribution is 4.99. The Morgan fingerprint density at radius 2 is 1.65 bits per heavy atom. The highest BCUT2D eigenvalue weighted by Crippen LogP contribution is 2.30. The summed E-state index contributed by atoms with van der Waals surface area (Å²) >= 11 is 0. The first kappa shape index (κ1) is 16.7. The van der Waals surface area contributed by atoms with Gasteiger partial charge >= 0.3 is 0 Å². The van der Waals surface area contributed by atoms with Crippen LogP contribution in [0.25, 0.3) is 0 Å². The summed E-state index contributed by atoms with van der Waals surface area (Å²) < 4.78 is 0. The molecule has 2 unspecified atom stereocenters. The maximum absolute atomic E-state index is 10.4. The third-order valence-electron chi connectivity index (χ3n) is 4.03. The van der Waals surface area contributed by atoms with Gasteiger partial charge in [-0.25, -0.2) is 0 Å². The Balaban J connectivity index is 3.86. The molecular weight excluding hydrogens is 208 g/mol. The molecule has 1 heteroatoms. The van der Waals surface area contributed by atoms with E-state index in [1.54, 1.807) is 6.08 Å². The molecule has 0 aromatic rings. The van der Waals surface area contributed by atoms with Crippen LogP contribution in [0.3, 0.4) is 0 Å². The molecule has 0 aliphatic rings. The van der Waals surface area contributed by atoms with Crippen molar-refractivity contribution in [2.24, 2.45) is 5.92 Å². The maximum atomic E-state index is 10.4. The minimum absolute atomic E-state index is 0.385. The number of hydrogen-bond donors (Lipinski definition) is 1. The summed E-state index contributed by atoms with van der Waals surface area (Å²) in [6.45, 7) is 10.3. The summed E-state index contributed by atoms with van der Waals surface area (Å²) in [6, 6.07) is 0. The highest BCUT2D eigenvalue weighted by atomic mass is 16.3. The van der Waals surface area contributed by atoms with Crippen molar-refractivity contribution >= 4 is 0 Å². The molecule has 1 nitrogen and oxygen atoms in total. The first-order valence-corrected chi connectivity index (χ1v) is 7.50. The molecular formula is C16H32O. The second-order valence-corrected chi connectivity index (χ2v) is 5.21. The van der Waals surface area contributed by atoms with Crippen LogP contribution in [0.1, 0.15) is 78.6 Å². The van der Waals surface area contributed by atoms with Crippen LogP contribution in [0.4, 0.5) is 0 Å². The summed E-state index contributed by atoms with van der Waals surface area (Å²) in [7, 11) is 0. The molecule has 0 aliphatic carbocycles. The smallest absolute Gasteiger partial charge is 0.0850 e. The lowest BCUT2D eigenvalue weighted by Crippen LogP contribution is -2.34. The Labute approximate surface area is 108 Å². The Bertz CT molecular complexity index is 188. The van der Waals surface area contributed by atoms with E-state index < -0.39 is 5.60 Å². The molecule has 0 amide bonds. The third-order valence-corrected chi connectivity index (χ3v) is 4.03. The Kier molecular flexibility index (Phi) is 9.53. The second-order valence-electron chi connectivity index (χ2n) is 5.21. The molecule has 0 rings (SSSR count). The lowest BCUT2D eigenvalue weighted by molar-refractivity contribution is 0.0175. The van der Waals surface area contributed by atoms with Gasteiger partial charge in [0, 0.05) is 0 Å². The molecule has 1 N–H and O–H groups in total. The van der Waals surface area contributed by atoms with Crippen LogP contribution >= 0.6 is 0 Å². The summed E-state index contributed by atoms with van der Waals surface area (Å²) in [4.78, 5) is 0. The van der Waals surface area contributed by atoms with Crippen LogP contribution in [0.15, 0.2) is 12.7 Å².